The first-order valence-electron chi connectivity index (χ1n) is 9.92. The average molecular weight is 479 g/mol. The van der Waals surface area contributed by atoms with Crippen molar-refractivity contribution in [1.82, 2.24) is 0 Å². The molecule has 1 unspecified atom stereocenters. The molecule has 2 aliphatic rings. The minimum absolute atomic E-state index is 0.179. The average Bonchev–Trinajstić information content (AvgIpc) is 2.64. The van der Waals surface area contributed by atoms with Gasteiger partial charge < -0.3 is 15.2 Å². The highest BCUT2D eigenvalue weighted by Crippen LogP contribution is 2.63. The van der Waals surface area contributed by atoms with Crippen LogP contribution in [0.15, 0.2) is 23.2 Å². The van der Waals surface area contributed by atoms with E-state index >= 15 is 4.39 Å². The van der Waals surface area contributed by atoms with Crippen molar-refractivity contribution in [1.29, 1.82) is 0 Å². The van der Waals surface area contributed by atoms with E-state index in [2.05, 4.69) is 24.6 Å². The molecule has 1 aromatic rings. The van der Waals surface area contributed by atoms with Crippen molar-refractivity contribution in [3.8, 4) is 0 Å². The third kappa shape index (κ3) is 4.63. The third-order valence-electron chi connectivity index (χ3n) is 5.67. The van der Waals surface area contributed by atoms with Crippen molar-refractivity contribution < 1.29 is 31.8 Å². The Morgan fingerprint density at radius 1 is 1.39 bits per heavy atom. The number of fused-ring (bicyclic) bond motifs is 1. The molecule has 1 fully saturated rings. The summed E-state index contributed by atoms with van der Waals surface area (Å²) in [7, 11) is -1.52. The van der Waals surface area contributed by atoms with E-state index in [0.717, 1.165) is 6.07 Å². The zero-order chi connectivity index (χ0) is 23.2. The SMILES string of the molecule is C[C@]1(c2cccc(F)c2F)N=C(C(OCC[Si](C)(C)C)OC(N)=O)S[C@]2(F)[C@H]1C[C@@H]2F. The number of nitrogens with two attached hydrogens (primary N) is 1. The van der Waals surface area contributed by atoms with Gasteiger partial charge in [0.1, 0.15) is 11.2 Å². The van der Waals surface area contributed by atoms with Gasteiger partial charge in [0.25, 0.3) is 6.29 Å². The van der Waals surface area contributed by atoms with E-state index in [1.54, 1.807) is 0 Å². The topological polar surface area (TPSA) is 73.9 Å². The fraction of sp³-hybridized carbons (Fsp3) is 0.600. The number of amides is 1. The van der Waals surface area contributed by atoms with Crippen LogP contribution >= 0.6 is 11.8 Å². The van der Waals surface area contributed by atoms with Crippen LogP contribution in [-0.2, 0) is 15.0 Å². The van der Waals surface area contributed by atoms with Crippen LogP contribution in [-0.4, -0.2) is 43.3 Å². The van der Waals surface area contributed by atoms with E-state index in [1.165, 1.54) is 19.1 Å². The molecule has 5 nitrogen and oxygen atoms in total. The summed E-state index contributed by atoms with van der Waals surface area (Å²) in [5.74, 6) is -3.35. The van der Waals surface area contributed by atoms with Crippen LogP contribution < -0.4 is 5.73 Å². The van der Waals surface area contributed by atoms with E-state index in [0.29, 0.717) is 17.8 Å². The Labute approximate surface area is 183 Å². The predicted octanol–water partition coefficient (Wildman–Crippen LogP) is 5.13. The Kier molecular flexibility index (Phi) is 6.52. The molecule has 1 aromatic carbocycles. The normalized spacial score (nSPS) is 31.3. The summed E-state index contributed by atoms with van der Waals surface area (Å²) >= 11 is 0.452. The van der Waals surface area contributed by atoms with Crippen molar-refractivity contribution in [2.45, 2.75) is 62.0 Å². The molecule has 1 aliphatic carbocycles. The highest BCUT2D eigenvalue weighted by atomic mass is 32.2. The number of benzene rings is 1. The number of thioether (sulfide) groups is 1. The number of aliphatic imine (C=N–C) groups is 1. The monoisotopic (exact) mass is 478 g/mol. The summed E-state index contributed by atoms with van der Waals surface area (Å²) in [6, 6.07) is 4.21. The molecule has 1 aliphatic heterocycles. The molecule has 0 saturated heterocycles. The largest absolute Gasteiger partial charge is 0.413 e. The minimum atomic E-state index is -2.45. The lowest BCUT2D eigenvalue weighted by atomic mass is 9.65. The summed E-state index contributed by atoms with van der Waals surface area (Å²) in [4.78, 5) is 15.9. The second-order valence-electron chi connectivity index (χ2n) is 9.20. The Balaban J connectivity index is 2.03. The van der Waals surface area contributed by atoms with Crippen molar-refractivity contribution >= 4 is 31.0 Å². The summed E-state index contributed by atoms with van der Waals surface area (Å²) in [5.41, 5.74) is 3.30. The van der Waals surface area contributed by atoms with Crippen LogP contribution in [0, 0.1) is 17.6 Å². The van der Waals surface area contributed by atoms with Crippen molar-refractivity contribution in [2.75, 3.05) is 6.61 Å². The van der Waals surface area contributed by atoms with E-state index in [-0.39, 0.29) is 23.6 Å². The molecule has 11 heteroatoms. The molecule has 0 spiro atoms. The Hall–Kier alpha value is -1.59. The van der Waals surface area contributed by atoms with Crippen LogP contribution in [0.25, 0.3) is 0 Å². The first-order valence-corrected chi connectivity index (χ1v) is 14.4. The fourth-order valence-corrected chi connectivity index (χ4v) is 5.99. The van der Waals surface area contributed by atoms with E-state index in [9.17, 15) is 18.0 Å². The lowest BCUT2D eigenvalue weighted by Gasteiger charge is -2.55. The Morgan fingerprint density at radius 2 is 2.06 bits per heavy atom. The molecule has 0 bridgehead atoms. The van der Waals surface area contributed by atoms with Gasteiger partial charge in [-0.2, -0.15) is 0 Å². The lowest BCUT2D eigenvalue weighted by Crippen LogP contribution is -2.62. The molecule has 2 N–H and O–H groups in total. The van der Waals surface area contributed by atoms with Crippen LogP contribution in [0.3, 0.4) is 0 Å². The van der Waals surface area contributed by atoms with Gasteiger partial charge in [-0.1, -0.05) is 43.5 Å². The molecule has 31 heavy (non-hydrogen) atoms. The number of hydrogen-bond donors (Lipinski definition) is 1. The first kappa shape index (κ1) is 24.1. The maximum atomic E-state index is 15.7. The van der Waals surface area contributed by atoms with Gasteiger partial charge in [0.15, 0.2) is 16.6 Å². The molecular formula is C20H26F4N2O3SSi. The first-order chi connectivity index (χ1) is 14.3. The second kappa shape index (κ2) is 8.40. The summed E-state index contributed by atoms with van der Waals surface area (Å²) < 4.78 is 69.3. The molecule has 5 atom stereocenters. The number of ether oxygens (including phenoxy) is 2. The number of nitrogens with zero attached hydrogens (tertiary/aromatic N) is 1. The van der Waals surface area contributed by atoms with Gasteiger partial charge in [-0.15, -0.1) is 0 Å². The van der Waals surface area contributed by atoms with E-state index in [1.807, 2.05) is 0 Å². The summed E-state index contributed by atoms with van der Waals surface area (Å²) in [5, 5.41) is -2.63. The second-order valence-corrected chi connectivity index (χ2v) is 16.1. The molecule has 172 valence electrons. The smallest absolute Gasteiger partial charge is 0.407 e. The van der Waals surface area contributed by atoms with E-state index < -0.39 is 54.7 Å². The highest BCUT2D eigenvalue weighted by Gasteiger charge is 2.68. The highest BCUT2D eigenvalue weighted by molar-refractivity contribution is 8.15. The Bertz CT molecular complexity index is 900. The van der Waals surface area contributed by atoms with Crippen molar-refractivity contribution in [2.24, 2.45) is 16.6 Å². The number of halogens is 4. The maximum Gasteiger partial charge on any atom is 0.407 e. The van der Waals surface area contributed by atoms with Crippen molar-refractivity contribution in [3.63, 3.8) is 0 Å². The van der Waals surface area contributed by atoms with Crippen LogP contribution in [0.2, 0.25) is 25.7 Å². The summed E-state index contributed by atoms with van der Waals surface area (Å²) in [6.07, 6.45) is -4.71. The van der Waals surface area contributed by atoms with Gasteiger partial charge in [-0.05, 0) is 25.5 Å². The van der Waals surface area contributed by atoms with Crippen LogP contribution in [0.4, 0.5) is 22.4 Å². The number of carbonyl (C=O) groups excluding carboxylic acids is 1. The molecule has 1 saturated carbocycles. The molecule has 1 heterocycles. The summed E-state index contributed by atoms with van der Waals surface area (Å²) in [6.45, 7) is 7.93. The molecule has 3 rings (SSSR count). The number of rotatable bonds is 7. The van der Waals surface area contributed by atoms with Gasteiger partial charge in [0.2, 0.25) is 0 Å². The quantitative estimate of drug-likeness (QED) is 0.335. The third-order valence-corrected chi connectivity index (χ3v) is 8.72. The number of hydrogen-bond acceptors (Lipinski definition) is 5. The number of carbonyl (C=O) groups is 1. The van der Waals surface area contributed by atoms with Gasteiger partial charge in [0.05, 0.1) is 5.54 Å². The zero-order valence-corrected chi connectivity index (χ0v) is 19.6. The van der Waals surface area contributed by atoms with Gasteiger partial charge in [-0.3, -0.25) is 4.99 Å². The minimum Gasteiger partial charge on any atom is -0.413 e. The standard InChI is InChI=1S/C20H26F4N2O3SSi/c1-19(11-6-5-7-12(21)15(11)23)13-10-14(22)20(13,24)30-16(26-19)17(29-18(25)27)28-8-9-31(2,3)4/h5-7,13-14,17H,8-10H2,1-4H3,(H2,25,27)/t13-,14-,17?,19+,20+/m0/s1. The lowest BCUT2D eigenvalue weighted by molar-refractivity contribution is -0.0719. The molecular weight excluding hydrogens is 452 g/mol. The van der Waals surface area contributed by atoms with Gasteiger partial charge >= 0.3 is 6.09 Å². The Morgan fingerprint density at radius 3 is 2.65 bits per heavy atom. The van der Waals surface area contributed by atoms with Crippen LogP contribution in [0.1, 0.15) is 18.9 Å². The molecule has 1 amide bonds. The molecule has 0 radical (unpaired) electrons. The zero-order valence-electron chi connectivity index (χ0n) is 17.8. The fourth-order valence-electron chi connectivity index (χ4n) is 3.80. The maximum absolute atomic E-state index is 15.7. The van der Waals surface area contributed by atoms with Crippen molar-refractivity contribution in [3.05, 3.63) is 35.4 Å². The number of alkyl halides is 2. The van der Waals surface area contributed by atoms with Gasteiger partial charge in [0, 0.05) is 26.2 Å². The number of primary amides is 1. The van der Waals surface area contributed by atoms with Gasteiger partial charge in [-0.25, -0.2) is 22.4 Å². The van der Waals surface area contributed by atoms with Crippen LogP contribution in [0.5, 0.6) is 0 Å². The predicted molar refractivity (Wildman–Crippen MR) is 114 cm³/mol. The van der Waals surface area contributed by atoms with E-state index in [4.69, 9.17) is 15.2 Å². The molecule has 0 aromatic heterocycles.